The third-order valence-electron chi connectivity index (χ3n) is 2.65. The lowest BCUT2D eigenvalue weighted by molar-refractivity contribution is -0.105. The van der Waals surface area contributed by atoms with E-state index >= 15 is 0 Å². The van der Waals surface area contributed by atoms with Crippen LogP contribution >= 0.6 is 11.3 Å². The zero-order valence-corrected chi connectivity index (χ0v) is 10.1. The second-order valence-corrected chi connectivity index (χ2v) is 4.65. The summed E-state index contributed by atoms with van der Waals surface area (Å²) in [6.45, 7) is 0. The molecule has 0 unspecified atom stereocenters. The molecule has 3 aromatic rings. The smallest absolute Gasteiger partial charge is 0.212 e. The fourth-order valence-corrected chi connectivity index (χ4v) is 2.41. The molecule has 3 rings (SSSR count). The van der Waals surface area contributed by atoms with E-state index in [1.165, 1.54) is 0 Å². The standard InChI is InChI=1S/C13H9N3OS/c17-7-16-13-4-11-3-9(12-6-14-8-18-12)1-2-10(11)5-15-13/h1-8H,(H,15,16,17). The highest BCUT2D eigenvalue weighted by atomic mass is 32.1. The monoisotopic (exact) mass is 255 g/mol. The van der Waals surface area contributed by atoms with Gasteiger partial charge in [0, 0.05) is 17.8 Å². The summed E-state index contributed by atoms with van der Waals surface area (Å²) < 4.78 is 0. The molecule has 0 spiro atoms. The Hall–Kier alpha value is -2.27. The van der Waals surface area contributed by atoms with Gasteiger partial charge in [-0.2, -0.15) is 0 Å². The number of anilines is 1. The largest absolute Gasteiger partial charge is 0.313 e. The molecule has 5 heteroatoms. The number of amides is 1. The molecule has 2 heterocycles. The average molecular weight is 255 g/mol. The third-order valence-corrected chi connectivity index (χ3v) is 3.47. The Morgan fingerprint density at radius 2 is 2.11 bits per heavy atom. The van der Waals surface area contributed by atoms with Crippen molar-refractivity contribution in [2.24, 2.45) is 0 Å². The summed E-state index contributed by atoms with van der Waals surface area (Å²) in [5.41, 5.74) is 2.93. The highest BCUT2D eigenvalue weighted by molar-refractivity contribution is 7.13. The van der Waals surface area contributed by atoms with Gasteiger partial charge in [0.25, 0.3) is 0 Å². The van der Waals surface area contributed by atoms with E-state index in [0.29, 0.717) is 12.2 Å². The van der Waals surface area contributed by atoms with Crippen molar-refractivity contribution in [3.05, 3.63) is 42.2 Å². The van der Waals surface area contributed by atoms with Gasteiger partial charge in [-0.3, -0.25) is 9.78 Å². The first-order valence-electron chi connectivity index (χ1n) is 5.36. The molecule has 2 aromatic heterocycles. The highest BCUT2D eigenvalue weighted by Gasteiger charge is 2.02. The Morgan fingerprint density at radius 1 is 1.17 bits per heavy atom. The summed E-state index contributed by atoms with van der Waals surface area (Å²) in [7, 11) is 0. The topological polar surface area (TPSA) is 54.9 Å². The molecule has 4 nitrogen and oxygen atoms in total. The minimum Gasteiger partial charge on any atom is -0.313 e. The van der Waals surface area contributed by atoms with Crippen LogP contribution in [0.3, 0.4) is 0 Å². The fourth-order valence-electron chi connectivity index (χ4n) is 1.79. The van der Waals surface area contributed by atoms with Gasteiger partial charge in [-0.15, -0.1) is 11.3 Å². The van der Waals surface area contributed by atoms with Crippen LogP contribution in [0.4, 0.5) is 5.82 Å². The van der Waals surface area contributed by atoms with Gasteiger partial charge in [-0.25, -0.2) is 4.98 Å². The lowest BCUT2D eigenvalue weighted by Crippen LogP contribution is -1.95. The maximum absolute atomic E-state index is 10.4. The van der Waals surface area contributed by atoms with Crippen molar-refractivity contribution in [3.63, 3.8) is 0 Å². The number of benzene rings is 1. The van der Waals surface area contributed by atoms with Crippen molar-refractivity contribution in [1.29, 1.82) is 0 Å². The molecule has 0 fully saturated rings. The lowest BCUT2D eigenvalue weighted by Gasteiger charge is -2.03. The van der Waals surface area contributed by atoms with Gasteiger partial charge in [0.2, 0.25) is 6.41 Å². The number of aromatic nitrogens is 2. The van der Waals surface area contributed by atoms with Crippen molar-refractivity contribution in [1.82, 2.24) is 9.97 Å². The maximum atomic E-state index is 10.4. The van der Waals surface area contributed by atoms with Gasteiger partial charge in [0.15, 0.2) is 0 Å². The van der Waals surface area contributed by atoms with E-state index in [-0.39, 0.29) is 0 Å². The number of hydrogen-bond acceptors (Lipinski definition) is 4. The number of fused-ring (bicyclic) bond motifs is 1. The molecule has 0 aliphatic carbocycles. The van der Waals surface area contributed by atoms with Gasteiger partial charge in [-0.05, 0) is 23.1 Å². The number of carbonyl (C=O) groups is 1. The Balaban J connectivity index is 2.12. The molecular formula is C13H9N3OS. The SMILES string of the molecule is O=CNc1cc2cc(-c3cncs3)ccc2cn1. The molecule has 0 aliphatic heterocycles. The Kier molecular flexibility index (Phi) is 2.74. The molecule has 18 heavy (non-hydrogen) atoms. The number of pyridine rings is 1. The molecule has 0 saturated heterocycles. The molecule has 0 saturated carbocycles. The summed E-state index contributed by atoms with van der Waals surface area (Å²) in [5.74, 6) is 0.555. The van der Waals surface area contributed by atoms with Gasteiger partial charge in [0.05, 0.1) is 10.4 Å². The molecule has 88 valence electrons. The van der Waals surface area contributed by atoms with Crippen LogP contribution in [0.25, 0.3) is 21.2 Å². The number of thiazole rings is 1. The second-order valence-electron chi connectivity index (χ2n) is 3.76. The summed E-state index contributed by atoms with van der Waals surface area (Å²) >= 11 is 1.60. The van der Waals surface area contributed by atoms with E-state index in [1.54, 1.807) is 17.5 Å². The average Bonchev–Trinajstić information content (AvgIpc) is 2.92. The van der Waals surface area contributed by atoms with Crippen molar-refractivity contribution in [2.45, 2.75) is 0 Å². The molecule has 0 radical (unpaired) electrons. The quantitative estimate of drug-likeness (QED) is 0.732. The van der Waals surface area contributed by atoms with Gasteiger partial charge in [-0.1, -0.05) is 12.1 Å². The predicted octanol–water partition coefficient (Wildman–Crippen LogP) is 2.93. The lowest BCUT2D eigenvalue weighted by atomic mass is 10.1. The molecule has 1 aromatic carbocycles. The number of nitrogens with zero attached hydrogens (tertiary/aromatic N) is 2. The molecule has 0 aliphatic rings. The number of carbonyl (C=O) groups excluding carboxylic acids is 1. The van der Waals surface area contributed by atoms with Crippen LogP contribution in [0, 0.1) is 0 Å². The zero-order chi connectivity index (χ0) is 12.4. The molecular weight excluding hydrogens is 246 g/mol. The highest BCUT2D eigenvalue weighted by Crippen LogP contribution is 2.27. The van der Waals surface area contributed by atoms with E-state index in [1.807, 2.05) is 29.9 Å². The molecule has 1 N–H and O–H groups in total. The third kappa shape index (κ3) is 1.96. The van der Waals surface area contributed by atoms with Crippen LogP contribution in [0.2, 0.25) is 0 Å². The Morgan fingerprint density at radius 3 is 2.89 bits per heavy atom. The minimum absolute atomic E-state index is 0.555. The molecule has 1 amide bonds. The Labute approximate surface area is 107 Å². The zero-order valence-electron chi connectivity index (χ0n) is 9.33. The number of nitrogens with one attached hydrogen (secondary N) is 1. The number of hydrogen-bond donors (Lipinski definition) is 1. The first-order valence-corrected chi connectivity index (χ1v) is 6.23. The summed E-state index contributed by atoms with van der Waals surface area (Å²) in [6, 6.07) is 7.99. The second kappa shape index (κ2) is 4.54. The summed E-state index contributed by atoms with van der Waals surface area (Å²) in [5, 5.41) is 4.64. The van der Waals surface area contributed by atoms with Gasteiger partial charge < -0.3 is 5.32 Å². The van der Waals surface area contributed by atoms with E-state index < -0.39 is 0 Å². The van der Waals surface area contributed by atoms with Crippen LogP contribution in [0.5, 0.6) is 0 Å². The van der Waals surface area contributed by atoms with Crippen LogP contribution < -0.4 is 5.32 Å². The fraction of sp³-hybridized carbons (Fsp3) is 0. The Bertz CT molecular complexity index is 695. The first-order chi connectivity index (χ1) is 8.86. The minimum atomic E-state index is 0.555. The van der Waals surface area contributed by atoms with Crippen LogP contribution in [-0.4, -0.2) is 16.4 Å². The first kappa shape index (κ1) is 10.9. The maximum Gasteiger partial charge on any atom is 0.212 e. The van der Waals surface area contributed by atoms with Crippen molar-refractivity contribution in [2.75, 3.05) is 5.32 Å². The van der Waals surface area contributed by atoms with E-state index in [9.17, 15) is 4.79 Å². The summed E-state index contributed by atoms with van der Waals surface area (Å²) in [6.07, 6.45) is 4.22. The number of rotatable bonds is 3. The van der Waals surface area contributed by atoms with Crippen molar-refractivity contribution in [3.8, 4) is 10.4 Å². The van der Waals surface area contributed by atoms with Crippen LogP contribution in [0.15, 0.2) is 42.2 Å². The van der Waals surface area contributed by atoms with Crippen LogP contribution in [0.1, 0.15) is 0 Å². The predicted molar refractivity (Wildman–Crippen MR) is 72.5 cm³/mol. The summed E-state index contributed by atoms with van der Waals surface area (Å²) in [4.78, 5) is 19.7. The molecule has 0 atom stereocenters. The van der Waals surface area contributed by atoms with Crippen molar-refractivity contribution >= 4 is 34.3 Å². The van der Waals surface area contributed by atoms with E-state index in [0.717, 1.165) is 21.2 Å². The van der Waals surface area contributed by atoms with Crippen molar-refractivity contribution < 1.29 is 4.79 Å². The van der Waals surface area contributed by atoms with Gasteiger partial charge >= 0.3 is 0 Å². The van der Waals surface area contributed by atoms with Gasteiger partial charge in [0.1, 0.15) is 5.82 Å². The van der Waals surface area contributed by atoms with Crippen LogP contribution in [-0.2, 0) is 4.79 Å². The normalized spacial score (nSPS) is 10.4. The van der Waals surface area contributed by atoms with E-state index in [4.69, 9.17) is 0 Å². The van der Waals surface area contributed by atoms with E-state index in [2.05, 4.69) is 21.4 Å². The molecule has 0 bridgehead atoms.